The van der Waals surface area contributed by atoms with Crippen molar-refractivity contribution < 1.29 is 9.84 Å². The number of piperazine rings is 1. The highest BCUT2D eigenvalue weighted by molar-refractivity contribution is 5.95. The predicted octanol–water partition coefficient (Wildman–Crippen LogP) is 4.59. The first-order valence-corrected chi connectivity index (χ1v) is 14.7. The minimum Gasteiger partial charge on any atom is -0.508 e. The lowest BCUT2D eigenvalue weighted by Gasteiger charge is -2.37. The molecule has 0 amide bonds. The first-order valence-electron chi connectivity index (χ1n) is 14.7. The molecule has 2 N–H and O–H groups in total. The Hall–Kier alpha value is -3.10. The van der Waals surface area contributed by atoms with Crippen LogP contribution in [-0.4, -0.2) is 78.9 Å². The van der Waals surface area contributed by atoms with Crippen LogP contribution in [0.4, 0.5) is 11.5 Å². The van der Waals surface area contributed by atoms with Gasteiger partial charge in [0.25, 0.3) is 0 Å². The summed E-state index contributed by atoms with van der Waals surface area (Å²) in [5.41, 5.74) is 3.30. The van der Waals surface area contributed by atoms with Crippen molar-refractivity contribution >= 4 is 22.3 Å². The summed E-state index contributed by atoms with van der Waals surface area (Å²) in [6.07, 6.45) is 6.18. The Morgan fingerprint density at radius 2 is 1.67 bits per heavy atom. The predicted molar refractivity (Wildman–Crippen MR) is 159 cm³/mol. The molecule has 1 aromatic heterocycles. The normalized spacial score (nSPS) is 22.1. The monoisotopic (exact) mass is 532 g/mol. The van der Waals surface area contributed by atoms with Crippen LogP contribution >= 0.6 is 0 Å². The Bertz CT molecular complexity index is 1250. The Morgan fingerprint density at radius 1 is 0.949 bits per heavy atom. The fraction of sp³-hybridized carbons (Fsp3) is 0.548. The fourth-order valence-electron chi connectivity index (χ4n) is 6.33. The molecular weight excluding hydrogens is 488 g/mol. The molecule has 7 rings (SSSR count). The van der Waals surface area contributed by atoms with E-state index >= 15 is 0 Å². The smallest absolute Gasteiger partial charge is 0.318 e. The summed E-state index contributed by atoms with van der Waals surface area (Å²) < 4.78 is 5.49. The molecule has 4 aliphatic heterocycles. The molecular formula is C31H44N6O2. The Kier molecular flexibility index (Phi) is 8.72. The minimum absolute atomic E-state index is 0.289. The van der Waals surface area contributed by atoms with Crippen LogP contribution in [0.2, 0.25) is 0 Å². The Labute approximate surface area is 233 Å². The number of aromatic nitrogens is 2. The highest BCUT2D eigenvalue weighted by Crippen LogP contribution is 2.37. The van der Waals surface area contributed by atoms with Gasteiger partial charge >= 0.3 is 6.01 Å². The van der Waals surface area contributed by atoms with Gasteiger partial charge in [0.2, 0.25) is 0 Å². The van der Waals surface area contributed by atoms with Crippen LogP contribution < -0.4 is 19.9 Å². The van der Waals surface area contributed by atoms with Gasteiger partial charge in [0, 0.05) is 54.4 Å². The number of nitrogens with one attached hydrogen (secondary N) is 1. The van der Waals surface area contributed by atoms with Gasteiger partial charge in [-0.05, 0) is 63.7 Å². The maximum Gasteiger partial charge on any atom is 0.318 e. The van der Waals surface area contributed by atoms with Gasteiger partial charge in [0.1, 0.15) is 11.6 Å². The summed E-state index contributed by atoms with van der Waals surface area (Å²) in [6.45, 7) is 10.2. The van der Waals surface area contributed by atoms with Gasteiger partial charge in [-0.1, -0.05) is 38.1 Å². The number of benzene rings is 2. The van der Waals surface area contributed by atoms with Crippen molar-refractivity contribution in [1.29, 1.82) is 0 Å². The average Bonchev–Trinajstić information content (AvgIpc) is 3.59. The molecule has 0 saturated carbocycles. The molecule has 2 aromatic carbocycles. The summed E-state index contributed by atoms with van der Waals surface area (Å²) >= 11 is 0. The maximum atomic E-state index is 10.3. The summed E-state index contributed by atoms with van der Waals surface area (Å²) in [5, 5.41) is 16.2. The third-order valence-electron chi connectivity index (χ3n) is 8.22. The first-order chi connectivity index (χ1) is 19.1. The van der Waals surface area contributed by atoms with E-state index in [4.69, 9.17) is 14.7 Å². The van der Waals surface area contributed by atoms with Crippen LogP contribution in [0.1, 0.15) is 50.8 Å². The quantitative estimate of drug-likeness (QED) is 0.508. The van der Waals surface area contributed by atoms with Crippen molar-refractivity contribution in [3.8, 4) is 11.8 Å². The Balaban J connectivity index is 0.000000337. The molecule has 0 radical (unpaired) electrons. The first kappa shape index (κ1) is 27.5. The van der Waals surface area contributed by atoms with E-state index < -0.39 is 0 Å². The van der Waals surface area contributed by atoms with Gasteiger partial charge in [-0.3, -0.25) is 0 Å². The van der Waals surface area contributed by atoms with Gasteiger partial charge in [0.15, 0.2) is 0 Å². The van der Waals surface area contributed by atoms with Gasteiger partial charge in [0.05, 0.1) is 19.3 Å². The molecule has 8 heteroatoms. The lowest BCUT2D eigenvalue weighted by atomic mass is 10.0. The molecule has 3 saturated heterocycles. The van der Waals surface area contributed by atoms with Crippen molar-refractivity contribution in [2.45, 2.75) is 64.6 Å². The largest absolute Gasteiger partial charge is 0.508 e. The number of phenols is 1. The van der Waals surface area contributed by atoms with E-state index in [1.54, 1.807) is 7.11 Å². The number of aromatic hydroxyl groups is 1. The summed E-state index contributed by atoms with van der Waals surface area (Å²) in [7, 11) is 3.81. The summed E-state index contributed by atoms with van der Waals surface area (Å²) in [5.74, 6) is 1.33. The maximum absolute atomic E-state index is 10.3. The molecule has 2 unspecified atom stereocenters. The highest BCUT2D eigenvalue weighted by atomic mass is 16.5. The lowest BCUT2D eigenvalue weighted by molar-refractivity contribution is 0.374. The van der Waals surface area contributed by atoms with Gasteiger partial charge in [-0.25, -0.2) is 0 Å². The van der Waals surface area contributed by atoms with E-state index in [1.165, 1.54) is 44.3 Å². The van der Waals surface area contributed by atoms with E-state index in [9.17, 15) is 5.11 Å². The summed E-state index contributed by atoms with van der Waals surface area (Å²) in [6, 6.07) is 13.4. The number of fused-ring (bicyclic) bond motifs is 4. The van der Waals surface area contributed by atoms with Crippen LogP contribution in [0, 0.1) is 0 Å². The van der Waals surface area contributed by atoms with Crippen molar-refractivity contribution in [3.63, 3.8) is 0 Å². The second kappa shape index (κ2) is 12.4. The number of nitrogens with zero attached hydrogens (tertiary/aromatic N) is 5. The zero-order chi connectivity index (χ0) is 27.4. The van der Waals surface area contributed by atoms with E-state index in [2.05, 4.69) is 33.1 Å². The SMILES string of the molecule is CC.CN1CCCC1.COc1nc2c(c(N3CC4CCC(C3)N4)n1)CCN(c1cc(O)cc3ccccc13)C2. The zero-order valence-corrected chi connectivity index (χ0v) is 24.0. The van der Waals surface area contributed by atoms with E-state index in [1.807, 2.05) is 44.2 Å². The molecule has 2 bridgehead atoms. The van der Waals surface area contributed by atoms with Crippen LogP contribution in [0.3, 0.4) is 0 Å². The topological polar surface area (TPSA) is 77.0 Å². The average molecular weight is 533 g/mol. The lowest BCUT2D eigenvalue weighted by Crippen LogP contribution is -2.52. The number of hydrogen-bond donors (Lipinski definition) is 2. The van der Waals surface area contributed by atoms with Crippen LogP contribution in [-0.2, 0) is 13.0 Å². The van der Waals surface area contributed by atoms with Crippen LogP contribution in [0.5, 0.6) is 11.8 Å². The number of phenolic OH excluding ortho intramolecular Hbond substituents is 1. The Morgan fingerprint density at radius 3 is 2.33 bits per heavy atom. The zero-order valence-electron chi connectivity index (χ0n) is 24.0. The van der Waals surface area contributed by atoms with Crippen LogP contribution in [0.15, 0.2) is 36.4 Å². The van der Waals surface area contributed by atoms with Gasteiger partial charge < -0.3 is 29.9 Å². The molecule has 8 nitrogen and oxygen atoms in total. The highest BCUT2D eigenvalue weighted by Gasteiger charge is 2.35. The molecule has 0 aliphatic carbocycles. The number of ether oxygens (including phenoxy) is 1. The second-order valence-electron chi connectivity index (χ2n) is 10.9. The molecule has 0 spiro atoms. The van der Waals surface area contributed by atoms with E-state index in [0.717, 1.165) is 54.0 Å². The molecule has 4 aliphatic rings. The molecule has 39 heavy (non-hydrogen) atoms. The van der Waals surface area contributed by atoms with Gasteiger partial charge in [-0.2, -0.15) is 9.97 Å². The molecule has 3 fully saturated rings. The minimum atomic E-state index is 0.289. The number of rotatable bonds is 3. The molecule has 210 valence electrons. The number of likely N-dealkylation sites (tertiary alicyclic amines) is 1. The number of hydrogen-bond acceptors (Lipinski definition) is 8. The van der Waals surface area contributed by atoms with E-state index in [-0.39, 0.29) is 5.75 Å². The third kappa shape index (κ3) is 6.07. The number of anilines is 2. The number of methoxy groups -OCH3 is 1. The summed E-state index contributed by atoms with van der Waals surface area (Å²) in [4.78, 5) is 16.6. The standard InChI is InChI=1S/C24H27N5O2.C5H11N.C2H6/c1-31-24-26-21-14-28(22-11-18(30)10-15-4-2-3-5-19(15)22)9-8-20(21)23(27-24)29-12-16-6-7-17(13-29)25-16;1-6-4-2-3-5-6;1-2/h2-5,10-11,16-17,25,30H,6-9,12-14H2,1H3;2-5H2,1H3;1-2H3. The van der Waals surface area contributed by atoms with Crippen molar-refractivity contribution in [3.05, 3.63) is 47.7 Å². The second-order valence-corrected chi connectivity index (χ2v) is 10.9. The molecule has 5 heterocycles. The van der Waals surface area contributed by atoms with Gasteiger partial charge in [-0.15, -0.1) is 0 Å². The van der Waals surface area contributed by atoms with Crippen molar-refractivity contribution in [2.75, 3.05) is 56.7 Å². The third-order valence-corrected chi connectivity index (χ3v) is 8.22. The van der Waals surface area contributed by atoms with E-state index in [0.29, 0.717) is 24.6 Å². The molecule has 3 aromatic rings. The van der Waals surface area contributed by atoms with Crippen LogP contribution in [0.25, 0.3) is 10.8 Å². The van der Waals surface area contributed by atoms with Crippen molar-refractivity contribution in [2.24, 2.45) is 0 Å². The fourth-order valence-corrected chi connectivity index (χ4v) is 6.33. The van der Waals surface area contributed by atoms with Crippen molar-refractivity contribution in [1.82, 2.24) is 20.2 Å². The molecule has 2 atom stereocenters.